The molecule has 0 spiro atoms. The van der Waals surface area contributed by atoms with E-state index in [4.69, 9.17) is 11.2 Å². The molecule has 7 heavy (non-hydrogen) atoms. The molecule has 1 rings (SSSR count). The largest absolute Gasteiger partial charge is 0.328 e. The van der Waals surface area contributed by atoms with Gasteiger partial charge in [0.2, 0.25) is 0 Å². The molecule has 0 aliphatic heterocycles. The summed E-state index contributed by atoms with van der Waals surface area (Å²) in [7, 11) is 0. The van der Waals surface area contributed by atoms with Crippen molar-refractivity contribution in [3.63, 3.8) is 0 Å². The van der Waals surface area contributed by atoms with Crippen molar-refractivity contribution in [2.24, 2.45) is 5.73 Å². The Morgan fingerprint density at radius 2 is 2.57 bits per heavy atom. The summed E-state index contributed by atoms with van der Waals surface area (Å²) in [6.07, 6.45) is -1.13. The lowest BCUT2D eigenvalue weighted by Crippen LogP contribution is -2.22. The monoisotopic (exact) mass is 103 g/mol. The van der Waals surface area contributed by atoms with Crippen molar-refractivity contribution in [3.8, 4) is 0 Å². The Bertz CT molecular complexity index is 157. The van der Waals surface area contributed by atoms with Gasteiger partial charge in [0, 0.05) is 11.5 Å². The van der Waals surface area contributed by atoms with E-state index in [1.807, 2.05) is 0 Å². The van der Waals surface area contributed by atoms with E-state index in [9.17, 15) is 0 Å². The number of hydrogen-bond acceptors (Lipinski definition) is 1. The summed E-state index contributed by atoms with van der Waals surface area (Å²) in [5.74, 6) is 0. The second-order valence-corrected chi connectivity index (χ2v) is 1.77. The van der Waals surface area contributed by atoms with Gasteiger partial charge in [-0.25, -0.2) is 0 Å². The first-order valence-electron chi connectivity index (χ1n) is 4.67. The van der Waals surface area contributed by atoms with Crippen molar-refractivity contribution in [2.45, 2.75) is 38.1 Å². The summed E-state index contributed by atoms with van der Waals surface area (Å²) in [6.45, 7) is 0. The predicted octanol–water partition coefficient (Wildman–Crippen LogP) is 1.28. The fourth-order valence-corrected chi connectivity index (χ4v) is 0.670. The van der Waals surface area contributed by atoms with Gasteiger partial charge < -0.3 is 5.73 Å². The topological polar surface area (TPSA) is 26.0 Å². The maximum Gasteiger partial charge on any atom is 0.0462 e. The molecular weight excluding hydrogens is 86.1 g/mol. The fraction of sp³-hybridized carbons (Fsp3) is 1.00. The molecule has 2 atom stereocenters. The summed E-state index contributed by atoms with van der Waals surface area (Å²) < 4.78 is 29.6. The maximum absolute atomic E-state index is 7.44. The highest BCUT2D eigenvalue weighted by Gasteiger charge is 2.06. The molecule has 1 nitrogen and oxygen atoms in total. The van der Waals surface area contributed by atoms with Gasteiger partial charge in [0.05, 0.1) is 0 Å². The quantitative estimate of drug-likeness (QED) is 0.491. The normalized spacial score (nSPS) is 69.6. The Morgan fingerprint density at radius 1 is 1.71 bits per heavy atom. The van der Waals surface area contributed by atoms with Crippen molar-refractivity contribution in [1.29, 1.82) is 0 Å². The van der Waals surface area contributed by atoms with E-state index >= 15 is 0 Å². The van der Waals surface area contributed by atoms with Crippen LogP contribution in [-0.4, -0.2) is 6.02 Å². The minimum atomic E-state index is -1.86. The van der Waals surface area contributed by atoms with E-state index in [-0.39, 0.29) is 0 Å². The highest BCUT2D eigenvalue weighted by atomic mass is 14.6. The van der Waals surface area contributed by atoms with E-state index in [1.165, 1.54) is 0 Å². The van der Waals surface area contributed by atoms with Gasteiger partial charge in [-0.05, 0) is 12.8 Å². The number of hydrogen-bond donors (Lipinski definition) is 1. The van der Waals surface area contributed by atoms with Crippen LogP contribution in [0, 0.1) is 0 Å². The van der Waals surface area contributed by atoms with Gasteiger partial charge in [-0.15, -0.1) is 0 Å². The standard InChI is InChI=1S/C6H13N/c7-6-4-2-1-3-5-6/h6H,1-5,7H2/i2D,4D2,6D. The molecular formula is C6H13N. The van der Waals surface area contributed by atoms with Crippen molar-refractivity contribution in [2.75, 3.05) is 0 Å². The van der Waals surface area contributed by atoms with Gasteiger partial charge in [-0.3, -0.25) is 0 Å². The average molecular weight is 103 g/mol. The molecule has 0 amide bonds. The third-order valence-electron chi connectivity index (χ3n) is 1.08. The molecule has 0 radical (unpaired) electrons. The summed E-state index contributed by atoms with van der Waals surface area (Å²) in [4.78, 5) is 0. The molecule has 2 unspecified atom stereocenters. The molecule has 1 saturated carbocycles. The lowest BCUT2D eigenvalue weighted by molar-refractivity contribution is 0.441. The van der Waals surface area contributed by atoms with Crippen LogP contribution in [0.3, 0.4) is 0 Å². The molecule has 0 heterocycles. The Balaban J connectivity index is 2.82. The predicted molar refractivity (Wildman–Crippen MR) is 31.1 cm³/mol. The van der Waals surface area contributed by atoms with E-state index in [0.29, 0.717) is 19.3 Å². The molecule has 0 aromatic rings. The van der Waals surface area contributed by atoms with Gasteiger partial charge in [-0.1, -0.05) is 19.2 Å². The molecule has 42 valence electrons. The first-order valence-corrected chi connectivity index (χ1v) is 2.59. The molecule has 1 aliphatic carbocycles. The average Bonchev–Trinajstić information content (AvgIpc) is 1.84. The van der Waals surface area contributed by atoms with Crippen molar-refractivity contribution >= 4 is 0 Å². The Labute approximate surface area is 50.5 Å². The lowest BCUT2D eigenvalue weighted by atomic mass is 9.97. The SMILES string of the molecule is [2H]C1CCCC([2H])(N)C1([2H])[2H]. The molecule has 0 saturated heterocycles. The van der Waals surface area contributed by atoms with Crippen LogP contribution in [-0.2, 0) is 0 Å². The van der Waals surface area contributed by atoms with E-state index in [2.05, 4.69) is 0 Å². The second-order valence-electron chi connectivity index (χ2n) is 1.77. The summed E-state index contributed by atoms with van der Waals surface area (Å²) in [5.41, 5.74) is 5.42. The zero-order chi connectivity index (χ0) is 8.70. The van der Waals surface area contributed by atoms with Gasteiger partial charge in [0.15, 0.2) is 0 Å². The van der Waals surface area contributed by atoms with Gasteiger partial charge in [-0.2, -0.15) is 0 Å². The fourth-order valence-electron chi connectivity index (χ4n) is 0.670. The molecule has 1 fully saturated rings. The lowest BCUT2D eigenvalue weighted by Gasteiger charge is -2.15. The van der Waals surface area contributed by atoms with E-state index in [0.717, 1.165) is 0 Å². The first kappa shape index (κ1) is 2.06. The van der Waals surface area contributed by atoms with Gasteiger partial charge in [0.1, 0.15) is 0 Å². The van der Waals surface area contributed by atoms with Crippen LogP contribution in [0.4, 0.5) is 0 Å². The Hall–Kier alpha value is -0.0400. The Kier molecular flexibility index (Phi) is 0.680. The first-order chi connectivity index (χ1) is 4.88. The second kappa shape index (κ2) is 2.31. The summed E-state index contributed by atoms with van der Waals surface area (Å²) in [6, 6.07) is -1.56. The highest BCUT2D eigenvalue weighted by Crippen LogP contribution is 2.14. The molecule has 1 aliphatic rings. The minimum Gasteiger partial charge on any atom is -0.328 e. The molecule has 1 heteroatoms. The van der Waals surface area contributed by atoms with Crippen molar-refractivity contribution in [3.05, 3.63) is 0 Å². The van der Waals surface area contributed by atoms with Crippen LogP contribution < -0.4 is 5.73 Å². The van der Waals surface area contributed by atoms with E-state index < -0.39 is 18.8 Å². The van der Waals surface area contributed by atoms with Crippen LogP contribution in [0.25, 0.3) is 0 Å². The van der Waals surface area contributed by atoms with Crippen LogP contribution in [0.2, 0.25) is 0 Å². The van der Waals surface area contributed by atoms with Gasteiger partial charge in [0.25, 0.3) is 0 Å². The molecule has 0 bridgehead atoms. The number of rotatable bonds is 0. The molecule has 2 N–H and O–H groups in total. The Morgan fingerprint density at radius 3 is 3.14 bits per heavy atom. The zero-order valence-electron chi connectivity index (χ0n) is 8.28. The highest BCUT2D eigenvalue weighted by molar-refractivity contribution is 4.66. The van der Waals surface area contributed by atoms with Crippen molar-refractivity contribution in [1.82, 2.24) is 0 Å². The minimum absolute atomic E-state index is 0.357. The number of nitrogens with two attached hydrogens (primary N) is 1. The van der Waals surface area contributed by atoms with Crippen LogP contribution in [0.15, 0.2) is 0 Å². The molecule has 0 aromatic carbocycles. The third kappa shape index (κ3) is 1.48. The zero-order valence-corrected chi connectivity index (χ0v) is 4.28. The smallest absolute Gasteiger partial charge is 0.0462 e. The van der Waals surface area contributed by atoms with Crippen LogP contribution in [0.1, 0.15) is 37.5 Å². The van der Waals surface area contributed by atoms with Crippen molar-refractivity contribution < 1.29 is 5.48 Å². The summed E-state index contributed by atoms with van der Waals surface area (Å²) in [5, 5.41) is 0. The van der Waals surface area contributed by atoms with E-state index in [1.54, 1.807) is 0 Å². The molecule has 0 aromatic heterocycles. The third-order valence-corrected chi connectivity index (χ3v) is 1.08. The van der Waals surface area contributed by atoms with Gasteiger partial charge >= 0.3 is 0 Å². The van der Waals surface area contributed by atoms with Crippen LogP contribution in [0.5, 0.6) is 0 Å². The maximum atomic E-state index is 7.44. The summed E-state index contributed by atoms with van der Waals surface area (Å²) >= 11 is 0. The van der Waals surface area contributed by atoms with Crippen LogP contribution >= 0.6 is 0 Å².